The number of nitrogens with zero attached hydrogens (tertiary/aromatic N) is 1. The maximum atomic E-state index is 6.59. The van der Waals surface area contributed by atoms with Gasteiger partial charge in [-0.1, -0.05) is 67.6 Å². The summed E-state index contributed by atoms with van der Waals surface area (Å²) < 4.78 is 0. The van der Waals surface area contributed by atoms with Crippen LogP contribution in [0.1, 0.15) is 36.9 Å². The number of benzene rings is 2. The Morgan fingerprint density at radius 3 is 2.17 bits per heavy atom. The van der Waals surface area contributed by atoms with Gasteiger partial charge in [-0.25, -0.2) is 4.99 Å². The molecule has 4 heteroatoms. The molecule has 1 aliphatic heterocycles. The summed E-state index contributed by atoms with van der Waals surface area (Å²) in [7, 11) is 0. The predicted molar refractivity (Wildman–Crippen MR) is 99.5 cm³/mol. The highest BCUT2D eigenvalue weighted by Crippen LogP contribution is 2.30. The minimum absolute atomic E-state index is 0.0703. The van der Waals surface area contributed by atoms with Crippen molar-refractivity contribution < 1.29 is 0 Å². The summed E-state index contributed by atoms with van der Waals surface area (Å²) in [6, 6.07) is 20.7. The zero-order valence-corrected chi connectivity index (χ0v) is 14.1. The first-order valence-electron chi connectivity index (χ1n) is 8.27. The summed E-state index contributed by atoms with van der Waals surface area (Å²) in [5, 5.41) is 6.63. The molecule has 0 amide bonds. The van der Waals surface area contributed by atoms with E-state index in [-0.39, 0.29) is 12.0 Å². The highest BCUT2D eigenvalue weighted by atomic mass is 15.2. The number of aliphatic imine (C=N–C) groups is 1. The highest BCUT2D eigenvalue weighted by Gasteiger charge is 2.32. The number of rotatable bonds is 5. The lowest BCUT2D eigenvalue weighted by atomic mass is 9.87. The molecule has 2 aromatic carbocycles. The standard InChI is InChI=1S/C20H24N4/c1-15(17-9-5-3-6-10-17)20(21)13-19(22-14-23-20)24-16(2)18-11-7-4-8-12-18/h3-16,24H,21H2,1-2H3,(H,22,23). The second-order valence-electron chi connectivity index (χ2n) is 6.26. The van der Waals surface area contributed by atoms with Gasteiger partial charge in [-0.15, -0.1) is 0 Å². The quantitative estimate of drug-likeness (QED) is 0.792. The molecule has 3 rings (SSSR count). The van der Waals surface area contributed by atoms with Gasteiger partial charge in [-0.3, -0.25) is 0 Å². The first kappa shape index (κ1) is 16.3. The van der Waals surface area contributed by atoms with Crippen LogP contribution in [-0.4, -0.2) is 12.0 Å². The fourth-order valence-corrected chi connectivity index (χ4v) is 2.91. The molecule has 0 aliphatic carbocycles. The van der Waals surface area contributed by atoms with Crippen LogP contribution in [0.4, 0.5) is 0 Å². The molecule has 4 nitrogen and oxygen atoms in total. The zero-order chi connectivity index (χ0) is 17.0. The van der Waals surface area contributed by atoms with Crippen molar-refractivity contribution in [1.82, 2.24) is 10.6 Å². The van der Waals surface area contributed by atoms with Crippen molar-refractivity contribution in [3.63, 3.8) is 0 Å². The molecule has 124 valence electrons. The molecule has 4 N–H and O–H groups in total. The molecular formula is C20H24N4. The third-order valence-corrected chi connectivity index (χ3v) is 4.55. The van der Waals surface area contributed by atoms with Gasteiger partial charge in [-0.05, 0) is 24.1 Å². The Morgan fingerprint density at radius 1 is 0.958 bits per heavy atom. The van der Waals surface area contributed by atoms with Crippen LogP contribution >= 0.6 is 0 Å². The van der Waals surface area contributed by atoms with Crippen molar-refractivity contribution in [2.45, 2.75) is 31.5 Å². The van der Waals surface area contributed by atoms with Gasteiger partial charge in [0, 0.05) is 12.0 Å². The van der Waals surface area contributed by atoms with Crippen LogP contribution in [0.3, 0.4) is 0 Å². The molecule has 0 spiro atoms. The largest absolute Gasteiger partial charge is 0.365 e. The molecule has 3 atom stereocenters. The fourth-order valence-electron chi connectivity index (χ4n) is 2.91. The minimum Gasteiger partial charge on any atom is -0.365 e. The average molecular weight is 320 g/mol. The third kappa shape index (κ3) is 3.49. The lowest BCUT2D eigenvalue weighted by molar-refractivity contribution is 0.449. The van der Waals surface area contributed by atoms with E-state index in [0.29, 0.717) is 0 Å². The topological polar surface area (TPSA) is 62.4 Å². The van der Waals surface area contributed by atoms with Crippen LogP contribution in [0.15, 0.2) is 77.6 Å². The number of hydrogen-bond acceptors (Lipinski definition) is 4. The molecule has 0 fully saturated rings. The average Bonchev–Trinajstić information content (AvgIpc) is 2.62. The lowest BCUT2D eigenvalue weighted by Crippen LogP contribution is -2.47. The van der Waals surface area contributed by atoms with Gasteiger partial charge in [-0.2, -0.15) is 0 Å². The van der Waals surface area contributed by atoms with Crippen LogP contribution in [0.25, 0.3) is 0 Å². The molecule has 0 saturated heterocycles. The highest BCUT2D eigenvalue weighted by molar-refractivity contribution is 5.61. The van der Waals surface area contributed by atoms with Gasteiger partial charge < -0.3 is 16.4 Å². The van der Waals surface area contributed by atoms with E-state index in [1.54, 1.807) is 6.34 Å². The Balaban J connectivity index is 1.78. The number of hydrogen-bond donors (Lipinski definition) is 3. The Hall–Kier alpha value is -2.59. The summed E-state index contributed by atoms with van der Waals surface area (Å²) in [6.07, 6.45) is 3.66. The van der Waals surface area contributed by atoms with Crippen LogP contribution in [0.2, 0.25) is 0 Å². The Bertz CT molecular complexity index is 724. The van der Waals surface area contributed by atoms with Crippen molar-refractivity contribution in [3.05, 3.63) is 83.7 Å². The maximum absolute atomic E-state index is 6.59. The van der Waals surface area contributed by atoms with Crippen LogP contribution in [0.5, 0.6) is 0 Å². The summed E-state index contributed by atoms with van der Waals surface area (Å²) >= 11 is 0. The summed E-state index contributed by atoms with van der Waals surface area (Å²) in [5.74, 6) is 0.951. The molecular weight excluding hydrogens is 296 g/mol. The van der Waals surface area contributed by atoms with Crippen LogP contribution in [-0.2, 0) is 0 Å². The van der Waals surface area contributed by atoms with E-state index in [2.05, 4.69) is 53.7 Å². The van der Waals surface area contributed by atoms with Crippen molar-refractivity contribution >= 4 is 6.34 Å². The third-order valence-electron chi connectivity index (χ3n) is 4.55. The lowest BCUT2D eigenvalue weighted by Gasteiger charge is -2.33. The van der Waals surface area contributed by atoms with Crippen molar-refractivity contribution in [2.24, 2.45) is 10.7 Å². The normalized spacial score (nSPS) is 22.2. The van der Waals surface area contributed by atoms with E-state index in [0.717, 1.165) is 5.82 Å². The molecule has 1 aliphatic rings. The van der Waals surface area contributed by atoms with Crippen molar-refractivity contribution in [3.8, 4) is 0 Å². The van der Waals surface area contributed by atoms with Gasteiger partial charge in [0.1, 0.15) is 11.5 Å². The van der Waals surface area contributed by atoms with E-state index < -0.39 is 5.66 Å². The van der Waals surface area contributed by atoms with E-state index >= 15 is 0 Å². The monoisotopic (exact) mass is 320 g/mol. The molecule has 24 heavy (non-hydrogen) atoms. The molecule has 2 aromatic rings. The molecule has 0 bridgehead atoms. The Kier molecular flexibility index (Phi) is 4.67. The molecule has 0 radical (unpaired) electrons. The van der Waals surface area contributed by atoms with Crippen molar-refractivity contribution in [1.29, 1.82) is 0 Å². The van der Waals surface area contributed by atoms with Gasteiger partial charge in [0.2, 0.25) is 0 Å². The molecule has 1 heterocycles. The van der Waals surface area contributed by atoms with Gasteiger partial charge >= 0.3 is 0 Å². The van der Waals surface area contributed by atoms with Gasteiger partial charge in [0.25, 0.3) is 0 Å². The zero-order valence-electron chi connectivity index (χ0n) is 14.1. The summed E-state index contributed by atoms with van der Waals surface area (Å²) in [6.45, 7) is 4.23. The van der Waals surface area contributed by atoms with E-state index in [9.17, 15) is 0 Å². The predicted octanol–water partition coefficient (Wildman–Crippen LogP) is 3.27. The Labute approximate surface area is 143 Å². The number of nitrogens with one attached hydrogen (secondary N) is 2. The second-order valence-corrected chi connectivity index (χ2v) is 6.26. The van der Waals surface area contributed by atoms with Gasteiger partial charge in [0.05, 0.1) is 6.34 Å². The van der Waals surface area contributed by atoms with Crippen molar-refractivity contribution in [2.75, 3.05) is 0 Å². The SMILES string of the molecule is CC(NC1=CC(N)(C(C)c2ccccc2)N=CN1)c1ccccc1. The Morgan fingerprint density at radius 2 is 1.54 bits per heavy atom. The second kappa shape index (κ2) is 6.89. The summed E-state index contributed by atoms with van der Waals surface area (Å²) in [4.78, 5) is 4.49. The molecule has 3 unspecified atom stereocenters. The first-order valence-corrected chi connectivity index (χ1v) is 8.27. The van der Waals surface area contributed by atoms with Crippen LogP contribution in [0, 0.1) is 0 Å². The number of nitrogens with two attached hydrogens (primary N) is 1. The smallest absolute Gasteiger partial charge is 0.138 e. The van der Waals surface area contributed by atoms with E-state index in [1.807, 2.05) is 42.5 Å². The van der Waals surface area contributed by atoms with Crippen LogP contribution < -0.4 is 16.4 Å². The first-order chi connectivity index (χ1) is 11.6. The molecule has 0 aromatic heterocycles. The maximum Gasteiger partial charge on any atom is 0.138 e. The van der Waals surface area contributed by atoms with E-state index in [1.165, 1.54) is 11.1 Å². The minimum atomic E-state index is -0.772. The van der Waals surface area contributed by atoms with E-state index in [4.69, 9.17) is 5.73 Å². The molecule has 0 saturated carbocycles. The fraction of sp³-hybridized carbons (Fsp3) is 0.250. The van der Waals surface area contributed by atoms with Gasteiger partial charge in [0.15, 0.2) is 0 Å². The summed E-state index contributed by atoms with van der Waals surface area (Å²) in [5.41, 5.74) is 8.21.